The highest BCUT2D eigenvalue weighted by Crippen LogP contribution is 2.31. The number of carbonyl (C=O) groups excluding carboxylic acids is 1. The number of ketones is 1. The Morgan fingerprint density at radius 2 is 2.13 bits per heavy atom. The van der Waals surface area contributed by atoms with E-state index in [2.05, 4.69) is 19.1 Å². The lowest BCUT2D eigenvalue weighted by Crippen LogP contribution is -2.00. The lowest BCUT2D eigenvalue weighted by atomic mass is 10.1. The molecule has 2 heteroatoms. The fourth-order valence-electron chi connectivity index (χ4n) is 1.79. The van der Waals surface area contributed by atoms with Crippen molar-refractivity contribution in [3.8, 4) is 0 Å². The second-order valence-corrected chi connectivity index (χ2v) is 5.57. The molecule has 1 saturated carbocycles. The molecule has 0 unspecified atom stereocenters. The molecule has 1 aromatic heterocycles. The first kappa shape index (κ1) is 10.9. The number of thiophene rings is 1. The van der Waals surface area contributed by atoms with Gasteiger partial charge in [0.25, 0.3) is 0 Å². The fourth-order valence-corrected chi connectivity index (χ4v) is 2.79. The number of Topliss-reactive ketones (excluding diaryl/α,β-unsaturated/α-hetero) is 1. The molecule has 0 radical (unpaired) electrons. The fraction of sp³-hybridized carbons (Fsp3) is 0.615. The maximum atomic E-state index is 11.5. The van der Waals surface area contributed by atoms with Gasteiger partial charge in [-0.1, -0.05) is 6.92 Å². The second kappa shape index (κ2) is 4.93. The van der Waals surface area contributed by atoms with Crippen LogP contribution in [0.25, 0.3) is 0 Å². The minimum atomic E-state index is 0.444. The third-order valence-electron chi connectivity index (χ3n) is 2.94. The van der Waals surface area contributed by atoms with Crippen molar-refractivity contribution in [2.75, 3.05) is 0 Å². The van der Waals surface area contributed by atoms with Gasteiger partial charge in [-0.3, -0.25) is 4.79 Å². The van der Waals surface area contributed by atoms with E-state index in [0.717, 1.165) is 38.5 Å². The van der Waals surface area contributed by atoms with E-state index in [0.29, 0.717) is 11.7 Å². The first-order valence-corrected chi connectivity index (χ1v) is 6.71. The minimum absolute atomic E-state index is 0.444. The first-order chi connectivity index (χ1) is 7.29. The van der Waals surface area contributed by atoms with E-state index in [4.69, 9.17) is 0 Å². The molecule has 0 spiro atoms. The predicted octanol–water partition coefficient (Wildman–Crippen LogP) is 3.61. The molecule has 1 aliphatic carbocycles. The highest BCUT2D eigenvalue weighted by atomic mass is 32.1. The van der Waals surface area contributed by atoms with Gasteiger partial charge < -0.3 is 0 Å². The summed E-state index contributed by atoms with van der Waals surface area (Å²) in [6, 6.07) is 4.42. The quantitative estimate of drug-likeness (QED) is 0.718. The van der Waals surface area contributed by atoms with Crippen LogP contribution in [0.4, 0.5) is 0 Å². The van der Waals surface area contributed by atoms with Crippen LogP contribution >= 0.6 is 11.3 Å². The van der Waals surface area contributed by atoms with E-state index in [1.165, 1.54) is 9.75 Å². The molecule has 0 amide bonds. The Hall–Kier alpha value is -0.630. The van der Waals surface area contributed by atoms with Gasteiger partial charge in [0.05, 0.1) is 0 Å². The topological polar surface area (TPSA) is 17.1 Å². The Bertz CT molecular complexity index is 336. The van der Waals surface area contributed by atoms with Crippen LogP contribution in [0.1, 0.15) is 42.4 Å². The second-order valence-electron chi connectivity index (χ2n) is 4.32. The zero-order valence-electron chi connectivity index (χ0n) is 9.29. The zero-order chi connectivity index (χ0) is 10.7. The molecular weight excluding hydrogens is 204 g/mol. The van der Waals surface area contributed by atoms with Gasteiger partial charge >= 0.3 is 0 Å². The summed E-state index contributed by atoms with van der Waals surface area (Å²) in [6.45, 7) is 2.19. The lowest BCUT2D eigenvalue weighted by Gasteiger charge is -1.97. The molecule has 1 fully saturated rings. The molecule has 0 N–H and O–H groups in total. The van der Waals surface area contributed by atoms with Gasteiger partial charge in [-0.05, 0) is 44.2 Å². The van der Waals surface area contributed by atoms with Crippen LogP contribution in [-0.4, -0.2) is 5.78 Å². The summed E-state index contributed by atoms with van der Waals surface area (Å²) in [5.74, 6) is 0.946. The van der Waals surface area contributed by atoms with Gasteiger partial charge in [0, 0.05) is 22.1 Å². The Labute approximate surface area is 95.5 Å². The van der Waals surface area contributed by atoms with E-state index in [-0.39, 0.29) is 0 Å². The van der Waals surface area contributed by atoms with E-state index in [1.807, 2.05) is 11.3 Å². The third-order valence-corrected chi connectivity index (χ3v) is 4.23. The predicted molar refractivity (Wildman–Crippen MR) is 64.4 cm³/mol. The summed E-state index contributed by atoms with van der Waals surface area (Å²) in [6.07, 6.45) is 6.35. The molecular formula is C13H18OS. The van der Waals surface area contributed by atoms with Gasteiger partial charge in [-0.15, -0.1) is 11.3 Å². The average Bonchev–Trinajstić information content (AvgIpc) is 2.99. The normalized spacial score (nSPS) is 15.5. The summed E-state index contributed by atoms with van der Waals surface area (Å²) in [7, 11) is 0. The first-order valence-electron chi connectivity index (χ1n) is 5.90. The van der Waals surface area contributed by atoms with Crippen LogP contribution < -0.4 is 0 Å². The SMILES string of the molecule is CCc1ccc(CCCC(=O)C2CC2)s1. The van der Waals surface area contributed by atoms with Gasteiger partial charge in [0.15, 0.2) is 0 Å². The van der Waals surface area contributed by atoms with E-state index in [1.54, 1.807) is 0 Å². The van der Waals surface area contributed by atoms with Gasteiger partial charge in [0.1, 0.15) is 5.78 Å². The summed E-state index contributed by atoms with van der Waals surface area (Å²) >= 11 is 1.90. The highest BCUT2D eigenvalue weighted by molar-refractivity contribution is 7.11. The van der Waals surface area contributed by atoms with Crippen LogP contribution in [0.15, 0.2) is 12.1 Å². The molecule has 1 heterocycles. The molecule has 1 aliphatic rings. The van der Waals surface area contributed by atoms with Crippen molar-refractivity contribution in [1.29, 1.82) is 0 Å². The van der Waals surface area contributed by atoms with E-state index >= 15 is 0 Å². The molecule has 2 rings (SSSR count). The molecule has 0 saturated heterocycles. The van der Waals surface area contributed by atoms with Crippen LogP contribution in [0.5, 0.6) is 0 Å². The molecule has 0 aliphatic heterocycles. The Kier molecular flexibility index (Phi) is 3.57. The molecule has 15 heavy (non-hydrogen) atoms. The minimum Gasteiger partial charge on any atom is -0.299 e. The summed E-state index contributed by atoms with van der Waals surface area (Å²) in [5, 5.41) is 0. The monoisotopic (exact) mass is 222 g/mol. The summed E-state index contributed by atoms with van der Waals surface area (Å²) in [4.78, 5) is 14.4. The van der Waals surface area contributed by atoms with Gasteiger partial charge in [0.2, 0.25) is 0 Å². The van der Waals surface area contributed by atoms with Crippen LogP contribution in [0.3, 0.4) is 0 Å². The van der Waals surface area contributed by atoms with Crippen molar-refractivity contribution in [2.45, 2.75) is 45.4 Å². The van der Waals surface area contributed by atoms with Crippen LogP contribution in [0.2, 0.25) is 0 Å². The van der Waals surface area contributed by atoms with Crippen molar-refractivity contribution < 1.29 is 4.79 Å². The largest absolute Gasteiger partial charge is 0.299 e. The van der Waals surface area contributed by atoms with Crippen molar-refractivity contribution >= 4 is 17.1 Å². The zero-order valence-corrected chi connectivity index (χ0v) is 10.1. The Morgan fingerprint density at radius 3 is 2.73 bits per heavy atom. The van der Waals surface area contributed by atoms with Crippen molar-refractivity contribution in [2.24, 2.45) is 5.92 Å². The summed E-state index contributed by atoms with van der Waals surface area (Å²) in [5.41, 5.74) is 0. The number of rotatable bonds is 6. The lowest BCUT2D eigenvalue weighted by molar-refractivity contribution is -0.120. The number of hydrogen-bond donors (Lipinski definition) is 0. The molecule has 82 valence electrons. The van der Waals surface area contributed by atoms with Crippen molar-refractivity contribution in [3.05, 3.63) is 21.9 Å². The molecule has 0 atom stereocenters. The number of aryl methyl sites for hydroxylation is 2. The number of carbonyl (C=O) groups is 1. The number of hydrogen-bond acceptors (Lipinski definition) is 2. The molecule has 0 aromatic carbocycles. The van der Waals surface area contributed by atoms with Crippen LogP contribution in [0, 0.1) is 5.92 Å². The standard InChI is InChI=1S/C13H18OS/c1-2-11-8-9-12(15-11)4-3-5-13(14)10-6-7-10/h8-10H,2-7H2,1H3. The molecule has 1 aromatic rings. The smallest absolute Gasteiger partial charge is 0.135 e. The maximum absolute atomic E-state index is 11.5. The van der Waals surface area contributed by atoms with Crippen molar-refractivity contribution in [1.82, 2.24) is 0 Å². The Morgan fingerprint density at radius 1 is 1.40 bits per heavy atom. The van der Waals surface area contributed by atoms with E-state index in [9.17, 15) is 4.79 Å². The Balaban J connectivity index is 1.70. The van der Waals surface area contributed by atoms with Gasteiger partial charge in [-0.2, -0.15) is 0 Å². The summed E-state index contributed by atoms with van der Waals surface area (Å²) < 4.78 is 0. The molecule has 1 nitrogen and oxygen atoms in total. The van der Waals surface area contributed by atoms with E-state index < -0.39 is 0 Å². The molecule has 0 bridgehead atoms. The van der Waals surface area contributed by atoms with Crippen LogP contribution in [-0.2, 0) is 17.6 Å². The maximum Gasteiger partial charge on any atom is 0.135 e. The highest BCUT2D eigenvalue weighted by Gasteiger charge is 2.28. The third kappa shape index (κ3) is 3.16. The van der Waals surface area contributed by atoms with Crippen molar-refractivity contribution in [3.63, 3.8) is 0 Å². The van der Waals surface area contributed by atoms with Gasteiger partial charge in [-0.25, -0.2) is 0 Å². The average molecular weight is 222 g/mol.